The molecule has 25 heavy (non-hydrogen) atoms. The summed E-state index contributed by atoms with van der Waals surface area (Å²) < 4.78 is 2.00. The van der Waals surface area contributed by atoms with Gasteiger partial charge in [-0.1, -0.05) is 13.0 Å². The Hall–Kier alpha value is -2.96. The average Bonchev–Trinajstić information content (AvgIpc) is 3.42. The second-order valence-electron chi connectivity index (χ2n) is 6.11. The Kier molecular flexibility index (Phi) is 4.05. The Morgan fingerprint density at radius 1 is 1.32 bits per heavy atom. The Labute approximate surface area is 145 Å². The van der Waals surface area contributed by atoms with Gasteiger partial charge in [-0.25, -0.2) is 9.97 Å². The highest BCUT2D eigenvalue weighted by Gasteiger charge is 2.32. The topological polar surface area (TPSA) is 79.7 Å². The Balaban J connectivity index is 1.65. The summed E-state index contributed by atoms with van der Waals surface area (Å²) in [4.78, 5) is 23.8. The first-order chi connectivity index (χ1) is 12.3. The SMILES string of the molecule is CCc1nccn1-c1cccc([C@@H]2CCCN2C(=O)c2ccn[nH]2)n1. The summed E-state index contributed by atoms with van der Waals surface area (Å²) in [5.74, 6) is 1.79. The van der Waals surface area contributed by atoms with Crippen LogP contribution < -0.4 is 0 Å². The van der Waals surface area contributed by atoms with Crippen molar-refractivity contribution in [3.63, 3.8) is 0 Å². The number of aromatic amines is 1. The zero-order valence-electron chi connectivity index (χ0n) is 14.1. The number of amides is 1. The number of H-pyrrole nitrogens is 1. The van der Waals surface area contributed by atoms with Crippen LogP contribution in [-0.4, -0.2) is 42.1 Å². The Bertz CT molecular complexity index is 869. The molecule has 0 bridgehead atoms. The van der Waals surface area contributed by atoms with Gasteiger partial charge in [0.25, 0.3) is 5.91 Å². The predicted molar refractivity (Wildman–Crippen MR) is 92.3 cm³/mol. The molecule has 7 nitrogen and oxygen atoms in total. The van der Waals surface area contributed by atoms with Crippen molar-refractivity contribution in [2.45, 2.75) is 32.2 Å². The van der Waals surface area contributed by atoms with Crippen LogP contribution in [0, 0.1) is 0 Å². The van der Waals surface area contributed by atoms with Crippen molar-refractivity contribution < 1.29 is 4.79 Å². The van der Waals surface area contributed by atoms with E-state index in [0.717, 1.165) is 43.1 Å². The van der Waals surface area contributed by atoms with E-state index in [4.69, 9.17) is 4.98 Å². The van der Waals surface area contributed by atoms with Gasteiger partial charge in [-0.15, -0.1) is 0 Å². The van der Waals surface area contributed by atoms with Gasteiger partial charge >= 0.3 is 0 Å². The van der Waals surface area contributed by atoms with E-state index in [9.17, 15) is 4.79 Å². The number of nitrogens with one attached hydrogen (secondary N) is 1. The summed E-state index contributed by atoms with van der Waals surface area (Å²) in [6.45, 7) is 2.81. The quantitative estimate of drug-likeness (QED) is 0.794. The van der Waals surface area contributed by atoms with Crippen molar-refractivity contribution in [3.8, 4) is 5.82 Å². The molecule has 1 fully saturated rings. The maximum atomic E-state index is 12.7. The number of nitrogens with zero attached hydrogens (tertiary/aromatic N) is 5. The van der Waals surface area contributed by atoms with Gasteiger partial charge in [-0.2, -0.15) is 5.10 Å². The lowest BCUT2D eigenvalue weighted by atomic mass is 10.1. The third-order valence-electron chi connectivity index (χ3n) is 4.62. The molecule has 0 aromatic carbocycles. The van der Waals surface area contributed by atoms with Gasteiger partial charge in [-0.05, 0) is 31.0 Å². The molecule has 0 saturated carbocycles. The molecular formula is C18H20N6O. The number of hydrogen-bond donors (Lipinski definition) is 1. The fourth-order valence-corrected chi connectivity index (χ4v) is 3.41. The zero-order valence-corrected chi connectivity index (χ0v) is 14.1. The van der Waals surface area contributed by atoms with Gasteiger partial charge < -0.3 is 4.90 Å². The molecule has 1 aliphatic rings. The van der Waals surface area contributed by atoms with Gasteiger partial charge in [0, 0.05) is 31.6 Å². The number of imidazole rings is 1. The number of pyridine rings is 1. The van der Waals surface area contributed by atoms with Crippen LogP contribution >= 0.6 is 0 Å². The molecule has 1 saturated heterocycles. The summed E-state index contributed by atoms with van der Waals surface area (Å²) in [7, 11) is 0. The first-order valence-corrected chi connectivity index (χ1v) is 8.58. The van der Waals surface area contributed by atoms with Crippen molar-refractivity contribution in [1.29, 1.82) is 0 Å². The first-order valence-electron chi connectivity index (χ1n) is 8.58. The molecule has 1 atom stereocenters. The van der Waals surface area contributed by atoms with Crippen LogP contribution in [-0.2, 0) is 6.42 Å². The summed E-state index contributed by atoms with van der Waals surface area (Å²) in [6.07, 6.45) is 8.04. The second kappa shape index (κ2) is 6.51. The molecule has 4 heterocycles. The number of likely N-dealkylation sites (tertiary alicyclic amines) is 1. The molecule has 1 N–H and O–H groups in total. The van der Waals surface area contributed by atoms with Crippen LogP contribution in [0.5, 0.6) is 0 Å². The average molecular weight is 336 g/mol. The lowest BCUT2D eigenvalue weighted by molar-refractivity contribution is 0.0727. The Morgan fingerprint density at radius 2 is 2.24 bits per heavy atom. The third kappa shape index (κ3) is 2.82. The van der Waals surface area contributed by atoms with Crippen LogP contribution in [0.25, 0.3) is 5.82 Å². The minimum Gasteiger partial charge on any atom is -0.329 e. The second-order valence-corrected chi connectivity index (χ2v) is 6.11. The molecule has 1 aliphatic heterocycles. The number of rotatable bonds is 4. The van der Waals surface area contributed by atoms with E-state index in [0.29, 0.717) is 5.69 Å². The molecule has 0 radical (unpaired) electrons. The number of carbonyl (C=O) groups is 1. The minimum absolute atomic E-state index is 0.00986. The maximum absolute atomic E-state index is 12.7. The largest absolute Gasteiger partial charge is 0.329 e. The van der Waals surface area contributed by atoms with E-state index in [1.165, 1.54) is 0 Å². The molecule has 128 valence electrons. The van der Waals surface area contributed by atoms with E-state index < -0.39 is 0 Å². The standard InChI is InChI=1S/C18H20N6O/c1-2-16-19-10-12-24(16)17-7-3-5-13(21-17)15-6-4-11-23(15)18(25)14-8-9-20-22-14/h3,5,7-10,12,15H,2,4,6,11H2,1H3,(H,20,22)/t15-/m0/s1. The number of aryl methyl sites for hydroxylation is 1. The van der Waals surface area contributed by atoms with Gasteiger partial charge in [0.15, 0.2) is 0 Å². The molecule has 1 amide bonds. The fourth-order valence-electron chi connectivity index (χ4n) is 3.41. The van der Waals surface area contributed by atoms with E-state index in [-0.39, 0.29) is 11.9 Å². The zero-order chi connectivity index (χ0) is 17.2. The summed E-state index contributed by atoms with van der Waals surface area (Å²) in [5, 5.41) is 6.64. The highest BCUT2D eigenvalue weighted by atomic mass is 16.2. The third-order valence-corrected chi connectivity index (χ3v) is 4.62. The van der Waals surface area contributed by atoms with Gasteiger partial charge in [0.1, 0.15) is 17.3 Å². The monoisotopic (exact) mass is 336 g/mol. The van der Waals surface area contributed by atoms with Gasteiger partial charge in [0.05, 0.1) is 11.7 Å². The summed E-state index contributed by atoms with van der Waals surface area (Å²) in [5.41, 5.74) is 1.43. The van der Waals surface area contributed by atoms with Crippen LogP contribution in [0.3, 0.4) is 0 Å². The predicted octanol–water partition coefficient (Wildman–Crippen LogP) is 2.53. The van der Waals surface area contributed by atoms with Crippen molar-refractivity contribution in [1.82, 2.24) is 29.6 Å². The lowest BCUT2D eigenvalue weighted by Gasteiger charge is -2.24. The van der Waals surface area contributed by atoms with Crippen molar-refractivity contribution in [3.05, 3.63) is 60.1 Å². The smallest absolute Gasteiger partial charge is 0.272 e. The van der Waals surface area contributed by atoms with E-state index in [2.05, 4.69) is 22.1 Å². The highest BCUT2D eigenvalue weighted by molar-refractivity contribution is 5.92. The molecule has 3 aromatic rings. The summed E-state index contributed by atoms with van der Waals surface area (Å²) >= 11 is 0. The normalized spacial score (nSPS) is 17.2. The Morgan fingerprint density at radius 3 is 3.04 bits per heavy atom. The van der Waals surface area contributed by atoms with Gasteiger partial charge in [0.2, 0.25) is 0 Å². The maximum Gasteiger partial charge on any atom is 0.272 e. The highest BCUT2D eigenvalue weighted by Crippen LogP contribution is 2.32. The van der Waals surface area contributed by atoms with Crippen molar-refractivity contribution in [2.24, 2.45) is 0 Å². The first kappa shape index (κ1) is 15.6. The minimum atomic E-state index is -0.0240. The van der Waals surface area contributed by atoms with Gasteiger partial charge in [-0.3, -0.25) is 14.5 Å². The van der Waals surface area contributed by atoms with E-state index >= 15 is 0 Å². The molecule has 0 unspecified atom stereocenters. The van der Waals surface area contributed by atoms with Crippen molar-refractivity contribution in [2.75, 3.05) is 6.54 Å². The number of aromatic nitrogens is 5. The van der Waals surface area contributed by atoms with Crippen LogP contribution in [0.15, 0.2) is 42.9 Å². The molecule has 0 aliphatic carbocycles. The van der Waals surface area contributed by atoms with E-state index in [1.807, 2.05) is 33.9 Å². The fraction of sp³-hybridized carbons (Fsp3) is 0.333. The lowest BCUT2D eigenvalue weighted by Crippen LogP contribution is -2.31. The van der Waals surface area contributed by atoms with E-state index in [1.54, 1.807) is 18.5 Å². The molecule has 4 rings (SSSR count). The molecule has 3 aromatic heterocycles. The molecule has 0 spiro atoms. The number of carbonyl (C=O) groups excluding carboxylic acids is 1. The van der Waals surface area contributed by atoms with Crippen LogP contribution in [0.2, 0.25) is 0 Å². The number of hydrogen-bond acceptors (Lipinski definition) is 4. The summed E-state index contributed by atoms with van der Waals surface area (Å²) in [6, 6.07) is 7.66. The van der Waals surface area contributed by atoms with Crippen LogP contribution in [0.1, 0.15) is 47.8 Å². The molecule has 7 heteroatoms. The molecular weight excluding hydrogens is 316 g/mol. The van der Waals surface area contributed by atoms with Crippen molar-refractivity contribution >= 4 is 5.91 Å². The van der Waals surface area contributed by atoms with Crippen LogP contribution in [0.4, 0.5) is 0 Å².